The van der Waals surface area contributed by atoms with Gasteiger partial charge in [0.2, 0.25) is 0 Å². The summed E-state index contributed by atoms with van der Waals surface area (Å²) in [6, 6.07) is 0. The lowest BCUT2D eigenvalue weighted by molar-refractivity contribution is 0.0746. The number of carbonyl (C=O) groups excluding carboxylic acids is 1. The molecule has 1 amide bonds. The average Bonchev–Trinajstić information content (AvgIpc) is 2.92. The fourth-order valence-electron chi connectivity index (χ4n) is 3.07. The first kappa shape index (κ1) is 11.6. The highest BCUT2D eigenvalue weighted by Gasteiger charge is 2.43. The van der Waals surface area contributed by atoms with Crippen molar-refractivity contribution in [3.8, 4) is 0 Å². The van der Waals surface area contributed by atoms with E-state index >= 15 is 0 Å². The highest BCUT2D eigenvalue weighted by Crippen LogP contribution is 2.38. The third-order valence-corrected chi connectivity index (χ3v) is 4.11. The summed E-state index contributed by atoms with van der Waals surface area (Å²) in [4.78, 5) is 22.3. The van der Waals surface area contributed by atoms with Gasteiger partial charge in [-0.1, -0.05) is 0 Å². The predicted molar refractivity (Wildman–Crippen MR) is 64.9 cm³/mol. The van der Waals surface area contributed by atoms with Gasteiger partial charge in [-0.15, -0.1) is 0 Å². The minimum Gasteiger partial charge on any atom is -0.393 e. The van der Waals surface area contributed by atoms with E-state index in [0.717, 1.165) is 25.1 Å². The van der Waals surface area contributed by atoms with Crippen LogP contribution >= 0.6 is 0 Å². The summed E-state index contributed by atoms with van der Waals surface area (Å²) in [6.07, 6.45) is 4.80. The normalized spacial score (nSPS) is 30.6. The van der Waals surface area contributed by atoms with E-state index in [2.05, 4.69) is 9.97 Å². The van der Waals surface area contributed by atoms with Gasteiger partial charge in [0.05, 0.1) is 18.0 Å². The summed E-state index contributed by atoms with van der Waals surface area (Å²) in [5, 5.41) is 9.84. The van der Waals surface area contributed by atoms with E-state index in [4.69, 9.17) is 0 Å². The van der Waals surface area contributed by atoms with E-state index in [9.17, 15) is 9.90 Å². The Labute approximate surface area is 106 Å². The van der Waals surface area contributed by atoms with Gasteiger partial charge in [-0.25, -0.2) is 4.98 Å². The number of aliphatic hydroxyl groups is 1. The fourth-order valence-corrected chi connectivity index (χ4v) is 3.07. The molecule has 18 heavy (non-hydrogen) atoms. The molecule has 1 aromatic heterocycles. The van der Waals surface area contributed by atoms with Crippen LogP contribution in [0.5, 0.6) is 0 Å². The largest absolute Gasteiger partial charge is 0.393 e. The van der Waals surface area contributed by atoms with Crippen LogP contribution < -0.4 is 0 Å². The molecule has 0 spiro atoms. The van der Waals surface area contributed by atoms with Gasteiger partial charge in [0.1, 0.15) is 5.69 Å². The summed E-state index contributed by atoms with van der Waals surface area (Å²) < 4.78 is 0. The van der Waals surface area contributed by atoms with Gasteiger partial charge in [0.15, 0.2) is 0 Å². The number of fused-ring (bicyclic) bond motifs is 1. The number of hydrogen-bond acceptors (Lipinski definition) is 4. The number of amides is 1. The minimum absolute atomic E-state index is 0.0656. The van der Waals surface area contributed by atoms with E-state index < -0.39 is 0 Å². The molecule has 2 heterocycles. The summed E-state index contributed by atoms with van der Waals surface area (Å²) >= 11 is 0. The lowest BCUT2D eigenvalue weighted by Gasteiger charge is -2.17. The second-order valence-corrected chi connectivity index (χ2v) is 5.32. The Morgan fingerprint density at radius 2 is 2.17 bits per heavy atom. The molecule has 0 aromatic carbocycles. The van der Waals surface area contributed by atoms with Crippen LogP contribution in [0.2, 0.25) is 0 Å². The predicted octanol–water partition coefficient (Wildman–Crippen LogP) is 0.628. The molecule has 3 atom stereocenters. The van der Waals surface area contributed by atoms with Crippen LogP contribution in [0.15, 0.2) is 12.4 Å². The van der Waals surface area contributed by atoms with Gasteiger partial charge in [-0.05, 0) is 25.7 Å². The topological polar surface area (TPSA) is 66.3 Å². The van der Waals surface area contributed by atoms with E-state index in [0.29, 0.717) is 18.2 Å². The first-order valence-electron chi connectivity index (χ1n) is 6.41. The molecule has 1 aliphatic carbocycles. The first-order valence-corrected chi connectivity index (χ1v) is 6.41. The molecule has 1 aromatic rings. The van der Waals surface area contributed by atoms with Crippen LogP contribution in [0.1, 0.15) is 29.0 Å². The maximum absolute atomic E-state index is 12.2. The maximum atomic E-state index is 12.2. The average molecular weight is 247 g/mol. The Hall–Kier alpha value is -1.49. The Morgan fingerprint density at radius 1 is 1.33 bits per heavy atom. The number of hydrogen-bond donors (Lipinski definition) is 1. The van der Waals surface area contributed by atoms with Crippen LogP contribution in [0.25, 0.3) is 0 Å². The molecule has 0 bridgehead atoms. The molecule has 1 saturated heterocycles. The molecule has 96 valence electrons. The second kappa shape index (κ2) is 4.31. The van der Waals surface area contributed by atoms with Crippen molar-refractivity contribution in [3.63, 3.8) is 0 Å². The smallest absolute Gasteiger partial charge is 0.274 e. The minimum atomic E-state index is -0.239. The van der Waals surface area contributed by atoms with Crippen LogP contribution in [0, 0.1) is 18.8 Å². The highest BCUT2D eigenvalue weighted by atomic mass is 16.3. The van der Waals surface area contributed by atoms with Gasteiger partial charge >= 0.3 is 0 Å². The Balaban J connectivity index is 1.73. The number of nitrogens with zero attached hydrogens (tertiary/aromatic N) is 3. The van der Waals surface area contributed by atoms with Crippen molar-refractivity contribution in [3.05, 3.63) is 23.8 Å². The van der Waals surface area contributed by atoms with Crippen molar-refractivity contribution in [2.24, 2.45) is 11.8 Å². The SMILES string of the molecule is Cc1cnc(C(=O)N2CC3CCC(O)C3C2)cn1. The molecule has 5 heteroatoms. The van der Waals surface area contributed by atoms with Crippen LogP contribution in [-0.2, 0) is 0 Å². The van der Waals surface area contributed by atoms with Crippen molar-refractivity contribution >= 4 is 5.91 Å². The quantitative estimate of drug-likeness (QED) is 0.790. The van der Waals surface area contributed by atoms with Crippen LogP contribution in [0.3, 0.4) is 0 Å². The van der Waals surface area contributed by atoms with Crippen molar-refractivity contribution < 1.29 is 9.90 Å². The Kier molecular flexibility index (Phi) is 2.78. The van der Waals surface area contributed by atoms with Crippen molar-refractivity contribution in [2.45, 2.75) is 25.9 Å². The zero-order valence-corrected chi connectivity index (χ0v) is 10.4. The first-order chi connectivity index (χ1) is 8.65. The summed E-state index contributed by atoms with van der Waals surface area (Å²) in [5.74, 6) is 0.652. The van der Waals surface area contributed by atoms with E-state index in [1.165, 1.54) is 6.20 Å². The lowest BCUT2D eigenvalue weighted by Crippen LogP contribution is -2.31. The van der Waals surface area contributed by atoms with Gasteiger partial charge in [0, 0.05) is 25.2 Å². The molecule has 2 aliphatic rings. The molecule has 1 saturated carbocycles. The number of aromatic nitrogens is 2. The molecule has 1 N–H and O–H groups in total. The summed E-state index contributed by atoms with van der Waals surface area (Å²) in [5.41, 5.74) is 1.20. The standard InChI is InChI=1S/C13H17N3O2/c1-8-4-15-11(5-14-8)13(18)16-6-9-2-3-12(17)10(9)7-16/h4-5,9-10,12,17H,2-3,6-7H2,1H3. The zero-order chi connectivity index (χ0) is 12.7. The Bertz CT molecular complexity index is 460. The number of aryl methyl sites for hydroxylation is 1. The number of likely N-dealkylation sites (tertiary alicyclic amines) is 1. The van der Waals surface area contributed by atoms with Crippen molar-refractivity contribution in [1.82, 2.24) is 14.9 Å². The maximum Gasteiger partial charge on any atom is 0.274 e. The van der Waals surface area contributed by atoms with Crippen molar-refractivity contribution in [2.75, 3.05) is 13.1 Å². The molecule has 1 aliphatic heterocycles. The fraction of sp³-hybridized carbons (Fsp3) is 0.615. The van der Waals surface area contributed by atoms with E-state index in [1.807, 2.05) is 6.92 Å². The third kappa shape index (κ3) is 1.88. The van der Waals surface area contributed by atoms with E-state index in [1.54, 1.807) is 11.1 Å². The molecule has 0 radical (unpaired) electrons. The molecular weight excluding hydrogens is 230 g/mol. The monoisotopic (exact) mass is 247 g/mol. The number of carbonyl (C=O) groups is 1. The van der Waals surface area contributed by atoms with Gasteiger partial charge in [-0.3, -0.25) is 9.78 Å². The molecular formula is C13H17N3O2. The number of aliphatic hydroxyl groups excluding tert-OH is 1. The summed E-state index contributed by atoms with van der Waals surface area (Å²) in [7, 11) is 0. The van der Waals surface area contributed by atoms with E-state index in [-0.39, 0.29) is 17.9 Å². The molecule has 3 unspecified atom stereocenters. The highest BCUT2D eigenvalue weighted by molar-refractivity contribution is 5.92. The second-order valence-electron chi connectivity index (χ2n) is 5.32. The van der Waals surface area contributed by atoms with Crippen LogP contribution in [-0.4, -0.2) is 45.1 Å². The summed E-state index contributed by atoms with van der Waals surface area (Å²) in [6.45, 7) is 3.24. The lowest BCUT2D eigenvalue weighted by atomic mass is 10.00. The van der Waals surface area contributed by atoms with Crippen molar-refractivity contribution in [1.29, 1.82) is 0 Å². The zero-order valence-electron chi connectivity index (χ0n) is 10.4. The van der Waals surface area contributed by atoms with Crippen LogP contribution in [0.4, 0.5) is 0 Å². The third-order valence-electron chi connectivity index (χ3n) is 4.11. The van der Waals surface area contributed by atoms with Gasteiger partial charge in [0.25, 0.3) is 5.91 Å². The Morgan fingerprint density at radius 3 is 2.83 bits per heavy atom. The molecule has 5 nitrogen and oxygen atoms in total. The van der Waals surface area contributed by atoms with Gasteiger partial charge in [-0.2, -0.15) is 0 Å². The number of rotatable bonds is 1. The molecule has 2 fully saturated rings. The van der Waals surface area contributed by atoms with Gasteiger partial charge < -0.3 is 10.0 Å². The molecule has 3 rings (SSSR count).